The Labute approximate surface area is 74.3 Å². The standard InChI is InChI=1S/C6H8F2N2O.ClH/c1-6(7,8)5-2-4(3-9)10-11-5;/h2H,3,9H2,1H3;1H. The van der Waals surface area contributed by atoms with Crippen molar-refractivity contribution in [2.75, 3.05) is 0 Å². The molecule has 1 aromatic heterocycles. The molecule has 0 atom stereocenters. The van der Waals surface area contributed by atoms with Crippen LogP contribution < -0.4 is 5.73 Å². The van der Waals surface area contributed by atoms with Crippen LogP contribution in [0.15, 0.2) is 10.6 Å². The van der Waals surface area contributed by atoms with E-state index < -0.39 is 11.7 Å². The smallest absolute Gasteiger partial charge is 0.304 e. The zero-order valence-corrected chi connectivity index (χ0v) is 7.20. The summed E-state index contributed by atoms with van der Waals surface area (Å²) in [4.78, 5) is 0. The molecule has 0 saturated heterocycles. The summed E-state index contributed by atoms with van der Waals surface area (Å²) in [5, 5.41) is 3.32. The van der Waals surface area contributed by atoms with E-state index in [9.17, 15) is 8.78 Å². The Balaban J connectivity index is 0.00000121. The van der Waals surface area contributed by atoms with Crippen molar-refractivity contribution in [1.29, 1.82) is 0 Å². The SMILES string of the molecule is CC(F)(F)c1cc(CN)no1.Cl. The van der Waals surface area contributed by atoms with Gasteiger partial charge in [-0.3, -0.25) is 0 Å². The van der Waals surface area contributed by atoms with Gasteiger partial charge in [-0.25, -0.2) is 0 Å². The van der Waals surface area contributed by atoms with Gasteiger partial charge in [0.1, 0.15) is 0 Å². The third-order valence-corrected chi connectivity index (χ3v) is 1.20. The van der Waals surface area contributed by atoms with Gasteiger partial charge in [0, 0.05) is 19.5 Å². The molecule has 0 aromatic carbocycles. The van der Waals surface area contributed by atoms with Crippen LogP contribution >= 0.6 is 12.4 Å². The van der Waals surface area contributed by atoms with Crippen LogP contribution in [0, 0.1) is 0 Å². The lowest BCUT2D eigenvalue weighted by atomic mass is 10.2. The van der Waals surface area contributed by atoms with E-state index in [0.717, 1.165) is 13.0 Å². The summed E-state index contributed by atoms with van der Waals surface area (Å²) >= 11 is 0. The van der Waals surface area contributed by atoms with E-state index in [0.29, 0.717) is 5.69 Å². The molecule has 1 rings (SSSR count). The van der Waals surface area contributed by atoms with Crippen LogP contribution in [-0.4, -0.2) is 5.16 Å². The van der Waals surface area contributed by atoms with Crippen molar-refractivity contribution < 1.29 is 13.3 Å². The van der Waals surface area contributed by atoms with Gasteiger partial charge in [0.25, 0.3) is 0 Å². The monoisotopic (exact) mass is 198 g/mol. The largest absolute Gasteiger partial charge is 0.355 e. The van der Waals surface area contributed by atoms with Gasteiger partial charge in [0.15, 0.2) is 0 Å². The minimum atomic E-state index is -2.97. The van der Waals surface area contributed by atoms with Gasteiger partial charge in [-0.05, 0) is 0 Å². The molecule has 0 amide bonds. The molecule has 0 bridgehead atoms. The maximum atomic E-state index is 12.4. The quantitative estimate of drug-likeness (QED) is 0.787. The maximum Gasteiger partial charge on any atom is 0.304 e. The minimum absolute atomic E-state index is 0. The highest BCUT2D eigenvalue weighted by molar-refractivity contribution is 5.85. The molecule has 6 heteroatoms. The van der Waals surface area contributed by atoms with Crippen LogP contribution in [0.25, 0.3) is 0 Å². The molecular weight excluding hydrogens is 190 g/mol. The number of hydrogen-bond acceptors (Lipinski definition) is 3. The fourth-order valence-electron chi connectivity index (χ4n) is 0.615. The average molecular weight is 199 g/mol. The molecule has 0 saturated carbocycles. The van der Waals surface area contributed by atoms with Crippen LogP contribution in [0.3, 0.4) is 0 Å². The van der Waals surface area contributed by atoms with Crippen LogP contribution in [-0.2, 0) is 12.5 Å². The van der Waals surface area contributed by atoms with E-state index in [1.165, 1.54) is 0 Å². The summed E-state index contributed by atoms with van der Waals surface area (Å²) in [6, 6.07) is 1.15. The summed E-state index contributed by atoms with van der Waals surface area (Å²) < 4.78 is 29.2. The highest BCUT2D eigenvalue weighted by Crippen LogP contribution is 2.26. The molecule has 1 aromatic rings. The van der Waals surface area contributed by atoms with Crippen LogP contribution in [0.4, 0.5) is 8.78 Å². The second-order valence-electron chi connectivity index (χ2n) is 2.27. The van der Waals surface area contributed by atoms with Gasteiger partial charge in [-0.2, -0.15) is 8.78 Å². The lowest BCUT2D eigenvalue weighted by Gasteiger charge is -2.02. The topological polar surface area (TPSA) is 52.0 Å². The Morgan fingerprint density at radius 2 is 2.25 bits per heavy atom. The Morgan fingerprint density at radius 1 is 1.67 bits per heavy atom. The summed E-state index contributed by atoms with van der Waals surface area (Å²) in [7, 11) is 0. The molecule has 3 nitrogen and oxygen atoms in total. The molecule has 0 aliphatic carbocycles. The fraction of sp³-hybridized carbons (Fsp3) is 0.500. The fourth-order valence-corrected chi connectivity index (χ4v) is 0.615. The number of rotatable bonds is 2. The summed E-state index contributed by atoms with van der Waals surface area (Å²) in [5.74, 6) is -3.42. The van der Waals surface area contributed by atoms with Crippen LogP contribution in [0.5, 0.6) is 0 Å². The first-order chi connectivity index (χ1) is 5.04. The Kier molecular flexibility index (Phi) is 3.60. The van der Waals surface area contributed by atoms with Crippen molar-refractivity contribution >= 4 is 12.4 Å². The molecule has 70 valence electrons. The molecule has 1 heterocycles. The van der Waals surface area contributed by atoms with Gasteiger partial charge in [0.2, 0.25) is 5.76 Å². The van der Waals surface area contributed by atoms with E-state index in [4.69, 9.17) is 5.73 Å². The lowest BCUT2D eigenvalue weighted by Crippen LogP contribution is -2.04. The first kappa shape index (κ1) is 11.3. The van der Waals surface area contributed by atoms with E-state index >= 15 is 0 Å². The van der Waals surface area contributed by atoms with E-state index in [1.54, 1.807) is 0 Å². The third-order valence-electron chi connectivity index (χ3n) is 1.20. The molecule has 0 aliphatic rings. The zero-order valence-electron chi connectivity index (χ0n) is 6.38. The van der Waals surface area contributed by atoms with Gasteiger partial charge < -0.3 is 10.3 Å². The van der Waals surface area contributed by atoms with Crippen molar-refractivity contribution in [2.24, 2.45) is 5.73 Å². The number of nitrogens with zero attached hydrogens (tertiary/aromatic N) is 1. The number of halogens is 3. The van der Waals surface area contributed by atoms with Gasteiger partial charge >= 0.3 is 5.92 Å². The second-order valence-corrected chi connectivity index (χ2v) is 2.27. The normalized spacial score (nSPS) is 11.0. The second kappa shape index (κ2) is 3.82. The Morgan fingerprint density at radius 3 is 2.50 bits per heavy atom. The van der Waals surface area contributed by atoms with E-state index in [1.807, 2.05) is 0 Å². The first-order valence-corrected chi connectivity index (χ1v) is 3.08. The maximum absolute atomic E-state index is 12.4. The van der Waals surface area contributed by atoms with Crippen molar-refractivity contribution in [3.63, 3.8) is 0 Å². The van der Waals surface area contributed by atoms with Crippen molar-refractivity contribution in [1.82, 2.24) is 5.16 Å². The summed E-state index contributed by atoms with van der Waals surface area (Å²) in [5.41, 5.74) is 5.47. The summed E-state index contributed by atoms with van der Waals surface area (Å²) in [6.45, 7) is 0.855. The highest BCUT2D eigenvalue weighted by Gasteiger charge is 2.29. The van der Waals surface area contributed by atoms with Gasteiger partial charge in [0.05, 0.1) is 5.69 Å². The lowest BCUT2D eigenvalue weighted by molar-refractivity contribution is -0.0105. The van der Waals surface area contributed by atoms with Crippen molar-refractivity contribution in [3.8, 4) is 0 Å². The minimum Gasteiger partial charge on any atom is -0.355 e. The molecule has 0 aliphatic heterocycles. The molecule has 0 spiro atoms. The highest BCUT2D eigenvalue weighted by atomic mass is 35.5. The predicted molar refractivity (Wildman–Crippen MR) is 41.2 cm³/mol. The van der Waals surface area contributed by atoms with E-state index in [-0.39, 0.29) is 19.0 Å². The molecule has 0 unspecified atom stereocenters. The van der Waals surface area contributed by atoms with Crippen LogP contribution in [0.1, 0.15) is 18.4 Å². The zero-order chi connectivity index (χ0) is 8.48. The predicted octanol–water partition coefficient (Wildman–Crippen LogP) is 1.67. The molecular formula is C6H9ClF2N2O. The van der Waals surface area contributed by atoms with E-state index in [2.05, 4.69) is 9.68 Å². The van der Waals surface area contributed by atoms with Crippen molar-refractivity contribution in [3.05, 3.63) is 17.5 Å². The summed E-state index contributed by atoms with van der Waals surface area (Å²) in [6.07, 6.45) is 0. The Bertz CT molecular complexity index is 246. The van der Waals surface area contributed by atoms with Crippen LogP contribution in [0.2, 0.25) is 0 Å². The van der Waals surface area contributed by atoms with Crippen molar-refractivity contribution in [2.45, 2.75) is 19.4 Å². The molecule has 12 heavy (non-hydrogen) atoms. The molecule has 0 fully saturated rings. The third kappa shape index (κ3) is 2.42. The van der Waals surface area contributed by atoms with Gasteiger partial charge in [-0.1, -0.05) is 5.16 Å². The number of nitrogens with two attached hydrogens (primary N) is 1. The first-order valence-electron chi connectivity index (χ1n) is 3.08. The number of alkyl halides is 2. The average Bonchev–Trinajstić information content (AvgIpc) is 2.32. The number of aromatic nitrogens is 1. The number of hydrogen-bond donors (Lipinski definition) is 1. The Hall–Kier alpha value is -0.680. The molecule has 2 N–H and O–H groups in total. The molecule has 0 radical (unpaired) electrons. The van der Waals surface area contributed by atoms with Gasteiger partial charge in [-0.15, -0.1) is 12.4 Å².